The third-order valence-electron chi connectivity index (χ3n) is 5.70. The fourth-order valence-corrected chi connectivity index (χ4v) is 4.43. The van der Waals surface area contributed by atoms with Gasteiger partial charge in [0.15, 0.2) is 0 Å². The number of carbonyl (C=O) groups excluding carboxylic acids is 1. The summed E-state index contributed by atoms with van der Waals surface area (Å²) in [5.41, 5.74) is 1.23. The van der Waals surface area contributed by atoms with Gasteiger partial charge in [-0.05, 0) is 68.8 Å². The zero-order chi connectivity index (χ0) is 16.9. The minimum atomic E-state index is -0.163. The third kappa shape index (κ3) is 4.64. The largest absolute Gasteiger partial charge is 0.317 e. The van der Waals surface area contributed by atoms with Crippen LogP contribution < -0.4 is 5.32 Å². The molecule has 0 aromatic heterocycles. The predicted octanol–water partition coefficient (Wildman–Crippen LogP) is 3.04. The van der Waals surface area contributed by atoms with E-state index in [0.717, 1.165) is 45.3 Å². The van der Waals surface area contributed by atoms with Crippen molar-refractivity contribution in [2.24, 2.45) is 11.8 Å². The molecule has 1 aromatic rings. The van der Waals surface area contributed by atoms with E-state index in [1.165, 1.54) is 18.4 Å². The maximum Gasteiger partial charge on any atom is 0.133 e. The summed E-state index contributed by atoms with van der Waals surface area (Å²) in [4.78, 5) is 14.4. The SMILES string of the molecule is CN[C@@H]1CCC(=O)C[C@H]1CN1CCC[C@@H](Cc2ccc(F)cc2)C1. The number of halogens is 1. The van der Waals surface area contributed by atoms with Crippen molar-refractivity contribution >= 4 is 5.78 Å². The van der Waals surface area contributed by atoms with E-state index in [0.29, 0.717) is 23.7 Å². The highest BCUT2D eigenvalue weighted by molar-refractivity contribution is 5.79. The number of Topliss-reactive ketones (excluding diaryl/α,β-unsaturated/α-hetero) is 1. The van der Waals surface area contributed by atoms with E-state index in [1.807, 2.05) is 19.2 Å². The summed E-state index contributed by atoms with van der Waals surface area (Å²) in [5.74, 6) is 1.34. The fraction of sp³-hybridized carbons (Fsp3) is 0.650. The van der Waals surface area contributed by atoms with Crippen LogP contribution in [0.4, 0.5) is 4.39 Å². The minimum absolute atomic E-state index is 0.163. The molecular formula is C20H29FN2O. The van der Waals surface area contributed by atoms with Gasteiger partial charge in [0, 0.05) is 32.0 Å². The van der Waals surface area contributed by atoms with Crippen LogP contribution in [-0.2, 0) is 11.2 Å². The molecule has 0 bridgehead atoms. The van der Waals surface area contributed by atoms with E-state index in [2.05, 4.69) is 10.2 Å². The van der Waals surface area contributed by atoms with Gasteiger partial charge in [0.2, 0.25) is 0 Å². The number of likely N-dealkylation sites (tertiary alicyclic amines) is 1. The van der Waals surface area contributed by atoms with E-state index >= 15 is 0 Å². The van der Waals surface area contributed by atoms with Crippen LogP contribution in [0.2, 0.25) is 0 Å². The van der Waals surface area contributed by atoms with Gasteiger partial charge in [-0.3, -0.25) is 4.79 Å². The first-order chi connectivity index (χ1) is 11.6. The first-order valence-electron chi connectivity index (χ1n) is 9.30. The van der Waals surface area contributed by atoms with Crippen LogP contribution in [0.25, 0.3) is 0 Å². The normalized spacial score (nSPS) is 28.9. The molecule has 132 valence electrons. The molecule has 3 atom stereocenters. The second-order valence-electron chi connectivity index (χ2n) is 7.54. The van der Waals surface area contributed by atoms with Gasteiger partial charge in [0.25, 0.3) is 0 Å². The smallest absolute Gasteiger partial charge is 0.133 e. The van der Waals surface area contributed by atoms with Crippen LogP contribution in [0, 0.1) is 17.7 Å². The van der Waals surface area contributed by atoms with E-state index < -0.39 is 0 Å². The van der Waals surface area contributed by atoms with Crippen molar-refractivity contribution < 1.29 is 9.18 Å². The summed E-state index contributed by atoms with van der Waals surface area (Å²) in [6, 6.07) is 7.40. The fourth-order valence-electron chi connectivity index (χ4n) is 4.43. The van der Waals surface area contributed by atoms with E-state index in [1.54, 1.807) is 12.1 Å². The number of piperidine rings is 1. The van der Waals surface area contributed by atoms with Gasteiger partial charge in [0.1, 0.15) is 11.6 Å². The molecule has 0 radical (unpaired) electrons. The number of rotatable bonds is 5. The first kappa shape index (κ1) is 17.6. The lowest BCUT2D eigenvalue weighted by Crippen LogP contribution is -2.47. The van der Waals surface area contributed by atoms with E-state index in [4.69, 9.17) is 0 Å². The predicted molar refractivity (Wildman–Crippen MR) is 94.5 cm³/mol. The molecule has 1 saturated heterocycles. The molecule has 1 heterocycles. The quantitative estimate of drug-likeness (QED) is 0.899. The molecule has 1 N–H and O–H groups in total. The van der Waals surface area contributed by atoms with Crippen molar-refractivity contribution in [2.45, 2.75) is 44.6 Å². The molecule has 24 heavy (non-hydrogen) atoms. The first-order valence-corrected chi connectivity index (χ1v) is 9.30. The van der Waals surface area contributed by atoms with Crippen molar-refractivity contribution in [1.29, 1.82) is 0 Å². The molecule has 3 nitrogen and oxygen atoms in total. The topological polar surface area (TPSA) is 32.3 Å². The molecule has 4 heteroatoms. The molecule has 1 aliphatic heterocycles. The Bertz CT molecular complexity index is 545. The van der Waals surface area contributed by atoms with Gasteiger partial charge in [-0.1, -0.05) is 12.1 Å². The summed E-state index contributed by atoms with van der Waals surface area (Å²) >= 11 is 0. The van der Waals surface area contributed by atoms with Gasteiger partial charge < -0.3 is 10.2 Å². The summed E-state index contributed by atoms with van der Waals surface area (Å²) in [5, 5.41) is 3.41. The molecule has 0 spiro atoms. The van der Waals surface area contributed by atoms with Gasteiger partial charge in [-0.25, -0.2) is 4.39 Å². The maximum absolute atomic E-state index is 13.0. The van der Waals surface area contributed by atoms with E-state index in [9.17, 15) is 9.18 Å². The van der Waals surface area contributed by atoms with Crippen LogP contribution in [0.3, 0.4) is 0 Å². The van der Waals surface area contributed by atoms with Gasteiger partial charge in [0.05, 0.1) is 0 Å². The summed E-state index contributed by atoms with van der Waals surface area (Å²) in [6.07, 6.45) is 5.92. The average Bonchev–Trinajstić information content (AvgIpc) is 2.58. The average molecular weight is 332 g/mol. The van der Waals surface area contributed by atoms with Crippen molar-refractivity contribution in [2.75, 3.05) is 26.7 Å². The van der Waals surface area contributed by atoms with Gasteiger partial charge in [-0.15, -0.1) is 0 Å². The summed E-state index contributed by atoms with van der Waals surface area (Å²) in [6.45, 7) is 3.26. The zero-order valence-corrected chi connectivity index (χ0v) is 14.6. The minimum Gasteiger partial charge on any atom is -0.317 e. The molecular weight excluding hydrogens is 303 g/mol. The molecule has 2 fully saturated rings. The second-order valence-corrected chi connectivity index (χ2v) is 7.54. The van der Waals surface area contributed by atoms with Crippen molar-refractivity contribution in [3.8, 4) is 0 Å². The second kappa shape index (κ2) is 8.21. The zero-order valence-electron chi connectivity index (χ0n) is 14.6. The van der Waals surface area contributed by atoms with Crippen LogP contribution >= 0.6 is 0 Å². The number of carbonyl (C=O) groups is 1. The highest BCUT2D eigenvalue weighted by atomic mass is 19.1. The highest BCUT2D eigenvalue weighted by Gasteiger charge is 2.31. The third-order valence-corrected chi connectivity index (χ3v) is 5.70. The maximum atomic E-state index is 13.0. The molecule has 1 saturated carbocycles. The Hall–Kier alpha value is -1.26. The molecule has 0 unspecified atom stereocenters. The van der Waals surface area contributed by atoms with Gasteiger partial charge in [-0.2, -0.15) is 0 Å². The lowest BCUT2D eigenvalue weighted by atomic mass is 9.82. The standard InChI is InChI=1S/C20H29FN2O/c1-22-20-9-8-19(24)12-17(20)14-23-10-2-3-16(13-23)11-15-4-6-18(21)7-5-15/h4-7,16-17,20,22H,2-3,8-14H2,1H3/t16-,17-,20+/m0/s1. The number of nitrogens with zero attached hydrogens (tertiary/aromatic N) is 1. The molecule has 0 amide bonds. The summed E-state index contributed by atoms with van der Waals surface area (Å²) in [7, 11) is 2.01. The lowest BCUT2D eigenvalue weighted by molar-refractivity contribution is -0.122. The number of benzene rings is 1. The van der Waals surface area contributed by atoms with Crippen LogP contribution in [0.1, 0.15) is 37.7 Å². The number of hydrogen-bond donors (Lipinski definition) is 1. The van der Waals surface area contributed by atoms with Gasteiger partial charge >= 0.3 is 0 Å². The Kier molecular flexibility index (Phi) is 6.01. The van der Waals surface area contributed by atoms with Crippen LogP contribution in [0.15, 0.2) is 24.3 Å². The molecule has 1 aliphatic carbocycles. The highest BCUT2D eigenvalue weighted by Crippen LogP contribution is 2.26. The van der Waals surface area contributed by atoms with Crippen molar-refractivity contribution in [1.82, 2.24) is 10.2 Å². The van der Waals surface area contributed by atoms with Crippen molar-refractivity contribution in [3.63, 3.8) is 0 Å². The Morgan fingerprint density at radius 1 is 1.25 bits per heavy atom. The summed E-state index contributed by atoms with van der Waals surface area (Å²) < 4.78 is 13.0. The number of nitrogens with one attached hydrogen (secondary N) is 1. The number of ketones is 1. The Labute approximate surface area is 144 Å². The van der Waals surface area contributed by atoms with Crippen molar-refractivity contribution in [3.05, 3.63) is 35.6 Å². The monoisotopic (exact) mass is 332 g/mol. The Morgan fingerprint density at radius 2 is 2.04 bits per heavy atom. The molecule has 3 rings (SSSR count). The Morgan fingerprint density at radius 3 is 2.79 bits per heavy atom. The van der Waals surface area contributed by atoms with E-state index in [-0.39, 0.29) is 5.82 Å². The van der Waals surface area contributed by atoms with Crippen LogP contribution in [-0.4, -0.2) is 43.4 Å². The Balaban J connectivity index is 1.54. The van der Waals surface area contributed by atoms with Crippen LogP contribution in [0.5, 0.6) is 0 Å². The molecule has 1 aromatic carbocycles. The number of hydrogen-bond acceptors (Lipinski definition) is 3. The molecule has 2 aliphatic rings. The lowest BCUT2D eigenvalue weighted by Gasteiger charge is -2.38.